The first-order valence-electron chi connectivity index (χ1n) is 10.4. The van der Waals surface area contributed by atoms with E-state index in [1.807, 2.05) is 24.6 Å². The van der Waals surface area contributed by atoms with Crippen molar-refractivity contribution < 1.29 is 9.59 Å². The van der Waals surface area contributed by atoms with Gasteiger partial charge in [-0.3, -0.25) is 9.47 Å². The van der Waals surface area contributed by atoms with Crippen LogP contribution in [0.4, 0.5) is 4.79 Å². The summed E-state index contributed by atoms with van der Waals surface area (Å²) >= 11 is 0. The molecule has 2 amide bonds. The summed E-state index contributed by atoms with van der Waals surface area (Å²) in [5, 5.41) is 1.22. The molecule has 0 saturated carbocycles. The average molecular weight is 383 g/mol. The van der Waals surface area contributed by atoms with E-state index in [9.17, 15) is 9.59 Å². The van der Waals surface area contributed by atoms with Crippen LogP contribution >= 0.6 is 0 Å². The minimum atomic E-state index is -0.114. The lowest BCUT2D eigenvalue weighted by atomic mass is 9.74. The maximum Gasteiger partial charge on any atom is 0.336 e. The van der Waals surface area contributed by atoms with Crippen molar-refractivity contribution in [1.82, 2.24) is 14.5 Å². The predicted molar refractivity (Wildman–Crippen MR) is 112 cm³/mol. The van der Waals surface area contributed by atoms with E-state index in [1.165, 1.54) is 22.9 Å². The van der Waals surface area contributed by atoms with Gasteiger partial charge in [0.25, 0.3) is 0 Å². The number of likely N-dealkylation sites (tertiary alicyclic amines) is 1. The second-order valence-electron chi connectivity index (χ2n) is 8.13. The van der Waals surface area contributed by atoms with Crippen LogP contribution in [-0.2, 0) is 6.42 Å². The van der Waals surface area contributed by atoms with E-state index < -0.39 is 0 Å². The molecule has 1 aliphatic carbocycles. The molecule has 6 nitrogen and oxygen atoms in total. The van der Waals surface area contributed by atoms with Gasteiger partial charge in [0.2, 0.25) is 0 Å². The van der Waals surface area contributed by atoms with Gasteiger partial charge in [-0.1, -0.05) is 0 Å². The van der Waals surface area contributed by atoms with Gasteiger partial charge in [-0.2, -0.15) is 0 Å². The van der Waals surface area contributed by atoms with Crippen LogP contribution in [-0.4, -0.2) is 59.0 Å². The van der Waals surface area contributed by atoms with E-state index in [2.05, 4.69) is 29.6 Å². The van der Waals surface area contributed by atoms with Crippen molar-refractivity contribution in [3.63, 3.8) is 0 Å². The number of ketones is 1. The van der Waals surface area contributed by atoms with E-state index in [0.29, 0.717) is 25.0 Å². The quantitative estimate of drug-likeness (QED) is 0.823. The number of benzene rings is 1. The number of carbonyl (C=O) groups excluding carboxylic acids is 2. The molecule has 0 unspecified atom stereocenters. The van der Waals surface area contributed by atoms with Crippen molar-refractivity contribution in [2.75, 3.05) is 32.1 Å². The van der Waals surface area contributed by atoms with Crippen molar-refractivity contribution in [1.29, 1.82) is 0 Å². The maximum absolute atomic E-state index is 12.7. The largest absolute Gasteiger partial charge is 0.336 e. The number of Topliss-reactive ketones (excluding diaryl/α,β-unsaturated/α-hetero) is 1. The molecule has 28 heavy (non-hydrogen) atoms. The molecular formula is C22H30N4O2. The zero-order valence-corrected chi connectivity index (χ0v) is 17.3. The Labute approximate surface area is 166 Å². The van der Waals surface area contributed by atoms with Crippen molar-refractivity contribution >= 4 is 22.7 Å². The van der Waals surface area contributed by atoms with Crippen LogP contribution in [0.1, 0.15) is 61.0 Å². The molecule has 2 atom stereocenters. The molecule has 1 fully saturated rings. The first-order valence-corrected chi connectivity index (χ1v) is 10.4. The van der Waals surface area contributed by atoms with Gasteiger partial charge in [0.15, 0.2) is 5.78 Å². The number of carbonyl (C=O) groups is 2. The fraction of sp³-hybridized carbons (Fsp3) is 0.545. The number of fused-ring (bicyclic) bond motifs is 2. The van der Waals surface area contributed by atoms with Gasteiger partial charge in [0.05, 0.1) is 5.52 Å². The summed E-state index contributed by atoms with van der Waals surface area (Å²) in [5.74, 6) is 0.510. The zero-order valence-electron chi connectivity index (χ0n) is 17.3. The van der Waals surface area contributed by atoms with Gasteiger partial charge >= 0.3 is 6.03 Å². The summed E-state index contributed by atoms with van der Waals surface area (Å²) in [6, 6.07) is 4.37. The monoisotopic (exact) mass is 382 g/mol. The highest BCUT2D eigenvalue weighted by Gasteiger charge is 2.37. The third-order valence-corrected chi connectivity index (χ3v) is 6.57. The van der Waals surface area contributed by atoms with Gasteiger partial charge in [0.1, 0.15) is 0 Å². The van der Waals surface area contributed by atoms with Gasteiger partial charge in [-0.05, 0) is 76.9 Å². The number of aromatic nitrogens is 1. The normalized spacial score (nSPS) is 21.4. The lowest BCUT2D eigenvalue weighted by Crippen LogP contribution is -2.44. The van der Waals surface area contributed by atoms with Gasteiger partial charge < -0.3 is 9.80 Å². The predicted octanol–water partition coefficient (Wildman–Crippen LogP) is 3.58. The molecular weight excluding hydrogens is 352 g/mol. The summed E-state index contributed by atoms with van der Waals surface area (Å²) in [4.78, 5) is 29.1. The van der Waals surface area contributed by atoms with E-state index in [-0.39, 0.29) is 11.8 Å². The van der Waals surface area contributed by atoms with Crippen molar-refractivity contribution in [3.8, 4) is 0 Å². The Morgan fingerprint density at radius 2 is 2.00 bits per heavy atom. The molecule has 1 aliphatic heterocycles. The third-order valence-electron chi connectivity index (χ3n) is 6.57. The highest BCUT2D eigenvalue weighted by Crippen LogP contribution is 2.44. The summed E-state index contributed by atoms with van der Waals surface area (Å²) in [6.07, 6.45) is 5.37. The Balaban J connectivity index is 1.84. The molecule has 2 aromatic rings. The SMILES string of the molecule is CCN(CC)C(=O)Nn1cc2c3c(cc(C(C)=O)cc31)[C@H]1CCCN(C)[C@@H]1C2. The molecule has 150 valence electrons. The molecule has 6 heteroatoms. The van der Waals surface area contributed by atoms with Gasteiger partial charge in [0, 0.05) is 42.2 Å². The zero-order chi connectivity index (χ0) is 20.0. The van der Waals surface area contributed by atoms with Gasteiger partial charge in [-0.25, -0.2) is 10.2 Å². The maximum atomic E-state index is 12.7. The fourth-order valence-corrected chi connectivity index (χ4v) is 5.02. The Hall–Kier alpha value is -2.34. The topological polar surface area (TPSA) is 57.6 Å². The first-order chi connectivity index (χ1) is 13.4. The second kappa shape index (κ2) is 7.24. The van der Waals surface area contributed by atoms with Crippen LogP contribution in [0, 0.1) is 0 Å². The highest BCUT2D eigenvalue weighted by atomic mass is 16.2. The minimum Gasteiger partial charge on any atom is -0.324 e. The summed E-state index contributed by atoms with van der Waals surface area (Å²) in [5.41, 5.74) is 7.22. The molecule has 1 aromatic carbocycles. The van der Waals surface area contributed by atoms with Crippen LogP contribution in [0.5, 0.6) is 0 Å². The fourth-order valence-electron chi connectivity index (χ4n) is 5.02. The molecule has 0 bridgehead atoms. The highest BCUT2D eigenvalue weighted by molar-refractivity contribution is 6.01. The van der Waals surface area contributed by atoms with Crippen LogP contribution < -0.4 is 5.43 Å². The number of nitrogens with zero attached hydrogens (tertiary/aromatic N) is 3. The lowest BCUT2D eigenvalue weighted by molar-refractivity contribution is 0.101. The number of piperidine rings is 1. The Morgan fingerprint density at radius 3 is 2.68 bits per heavy atom. The molecule has 0 spiro atoms. The average Bonchev–Trinajstić information content (AvgIpc) is 3.01. The molecule has 0 radical (unpaired) electrons. The second-order valence-corrected chi connectivity index (χ2v) is 8.13. The number of nitrogens with one attached hydrogen (secondary N) is 1. The van der Waals surface area contributed by atoms with E-state index in [4.69, 9.17) is 0 Å². The van der Waals surface area contributed by atoms with Crippen LogP contribution in [0.3, 0.4) is 0 Å². The minimum absolute atomic E-state index is 0.0637. The standard InChI is InChI=1S/C22H30N4O2/c1-5-25(6-2)22(28)23-26-13-16-12-19-17(8-7-9-24(19)4)18-10-15(14(3)27)11-20(26)21(16)18/h10-11,13,17,19H,5-9,12H2,1-4H3,(H,23,28)/t17-,19-/m1/s1. The number of likely N-dealkylation sites (N-methyl/N-ethyl adjacent to an activating group) is 1. The summed E-state index contributed by atoms with van der Waals surface area (Å²) in [7, 11) is 2.20. The van der Waals surface area contributed by atoms with E-state index in [0.717, 1.165) is 30.5 Å². The number of hydrogen-bond donors (Lipinski definition) is 1. The molecule has 2 heterocycles. The number of urea groups is 1. The van der Waals surface area contributed by atoms with Crippen molar-refractivity contribution in [2.45, 2.75) is 52.0 Å². The van der Waals surface area contributed by atoms with E-state index >= 15 is 0 Å². The Kier molecular flexibility index (Phi) is 4.91. The molecule has 2 aliphatic rings. The van der Waals surface area contributed by atoms with E-state index in [1.54, 1.807) is 11.8 Å². The van der Waals surface area contributed by atoms with Crippen LogP contribution in [0.25, 0.3) is 10.9 Å². The number of rotatable bonds is 4. The molecule has 4 rings (SSSR count). The van der Waals surface area contributed by atoms with Gasteiger partial charge in [-0.15, -0.1) is 0 Å². The number of amides is 2. The van der Waals surface area contributed by atoms with Crippen LogP contribution in [0.2, 0.25) is 0 Å². The first kappa shape index (κ1) is 19.0. The summed E-state index contributed by atoms with van der Waals surface area (Å²) < 4.78 is 1.83. The van der Waals surface area contributed by atoms with Crippen LogP contribution in [0.15, 0.2) is 18.3 Å². The lowest BCUT2D eigenvalue weighted by Gasteiger charge is -2.42. The van der Waals surface area contributed by atoms with Crippen molar-refractivity contribution in [3.05, 3.63) is 35.0 Å². The Bertz CT molecular complexity index is 928. The number of hydrogen-bond acceptors (Lipinski definition) is 3. The summed E-state index contributed by atoms with van der Waals surface area (Å²) in [6.45, 7) is 8.00. The Morgan fingerprint density at radius 1 is 1.25 bits per heavy atom. The van der Waals surface area contributed by atoms with Crippen molar-refractivity contribution in [2.24, 2.45) is 0 Å². The molecule has 1 saturated heterocycles. The smallest absolute Gasteiger partial charge is 0.324 e. The third kappa shape index (κ3) is 3.00. The molecule has 1 aromatic heterocycles. The molecule has 1 N–H and O–H groups in total.